The monoisotopic (exact) mass is 237 g/mol. The summed E-state index contributed by atoms with van der Waals surface area (Å²) < 4.78 is 5.66. The molecule has 1 unspecified atom stereocenters. The van der Waals surface area contributed by atoms with Crippen molar-refractivity contribution in [2.24, 2.45) is 0 Å². The Hall–Kier alpha value is -1.55. The Morgan fingerprint density at radius 2 is 2.18 bits per heavy atom. The molecule has 2 N–H and O–H groups in total. The van der Waals surface area contributed by atoms with E-state index < -0.39 is 6.10 Å². The van der Waals surface area contributed by atoms with Gasteiger partial charge in [0.2, 0.25) is 0 Å². The highest BCUT2D eigenvalue weighted by Gasteiger charge is 2.18. The molecule has 0 bridgehead atoms. The minimum absolute atomic E-state index is 0.0630. The second-order valence-corrected chi connectivity index (χ2v) is 3.79. The topological polar surface area (TPSA) is 58.6 Å². The van der Waals surface area contributed by atoms with Crippen molar-refractivity contribution in [3.05, 3.63) is 29.8 Å². The van der Waals surface area contributed by atoms with Gasteiger partial charge in [-0.2, -0.15) is 0 Å². The largest absolute Gasteiger partial charge is 0.480 e. The first-order chi connectivity index (χ1) is 8.19. The molecule has 0 spiro atoms. The summed E-state index contributed by atoms with van der Waals surface area (Å²) in [4.78, 5) is 11.7. The van der Waals surface area contributed by atoms with E-state index in [2.05, 4.69) is 5.32 Å². The molecule has 1 aromatic carbocycles. The summed E-state index contributed by atoms with van der Waals surface area (Å²) in [5.41, 5.74) is 1.00. The summed E-state index contributed by atoms with van der Waals surface area (Å²) in [6, 6.07) is 7.58. The van der Waals surface area contributed by atoms with Crippen LogP contribution in [0.2, 0.25) is 0 Å². The zero-order chi connectivity index (χ0) is 12.7. The molecule has 0 aliphatic carbocycles. The van der Waals surface area contributed by atoms with E-state index in [1.807, 2.05) is 38.1 Å². The maximum atomic E-state index is 11.7. The number of benzene rings is 1. The number of carbonyl (C=O) groups is 1. The summed E-state index contributed by atoms with van der Waals surface area (Å²) in [6.07, 6.45) is 0.0774. The average molecular weight is 237 g/mol. The lowest BCUT2D eigenvalue weighted by Gasteiger charge is -2.18. The van der Waals surface area contributed by atoms with Gasteiger partial charge in [-0.1, -0.05) is 25.1 Å². The van der Waals surface area contributed by atoms with E-state index in [9.17, 15) is 4.79 Å². The first kappa shape index (κ1) is 13.5. The smallest absolute Gasteiger partial charge is 0.261 e. The Morgan fingerprint density at radius 3 is 2.76 bits per heavy atom. The summed E-state index contributed by atoms with van der Waals surface area (Å²) >= 11 is 0. The number of ether oxygens (including phenoxy) is 1. The fourth-order valence-electron chi connectivity index (χ4n) is 1.46. The Morgan fingerprint density at radius 1 is 1.47 bits per heavy atom. The molecule has 0 fully saturated rings. The van der Waals surface area contributed by atoms with Gasteiger partial charge in [-0.25, -0.2) is 0 Å². The molecule has 0 saturated carbocycles. The van der Waals surface area contributed by atoms with Crippen molar-refractivity contribution in [1.82, 2.24) is 5.32 Å². The maximum absolute atomic E-state index is 11.7. The molecule has 4 nitrogen and oxygen atoms in total. The van der Waals surface area contributed by atoms with Gasteiger partial charge in [0.15, 0.2) is 6.10 Å². The van der Waals surface area contributed by atoms with Crippen LogP contribution in [0.1, 0.15) is 18.9 Å². The Labute approximate surface area is 102 Å². The van der Waals surface area contributed by atoms with Crippen molar-refractivity contribution in [2.45, 2.75) is 26.4 Å². The maximum Gasteiger partial charge on any atom is 0.261 e. The lowest BCUT2D eigenvalue weighted by molar-refractivity contribution is -0.128. The molecule has 1 aromatic rings. The number of rotatable bonds is 6. The number of hydrogen-bond acceptors (Lipinski definition) is 3. The lowest BCUT2D eigenvalue weighted by atomic mass is 10.2. The van der Waals surface area contributed by atoms with Crippen molar-refractivity contribution in [1.29, 1.82) is 0 Å². The van der Waals surface area contributed by atoms with Crippen LogP contribution in [0.25, 0.3) is 0 Å². The molecule has 0 saturated heterocycles. The minimum atomic E-state index is -0.511. The molecule has 0 aromatic heterocycles. The molecular formula is C13H19NO3. The van der Waals surface area contributed by atoms with Crippen LogP contribution in [-0.2, 0) is 4.79 Å². The fourth-order valence-corrected chi connectivity index (χ4v) is 1.46. The van der Waals surface area contributed by atoms with Crippen LogP contribution < -0.4 is 10.1 Å². The van der Waals surface area contributed by atoms with E-state index in [1.165, 1.54) is 0 Å². The van der Waals surface area contributed by atoms with Gasteiger partial charge >= 0.3 is 0 Å². The summed E-state index contributed by atoms with van der Waals surface area (Å²) in [5, 5.41) is 11.3. The number of carbonyl (C=O) groups excluding carboxylic acids is 1. The zero-order valence-corrected chi connectivity index (χ0v) is 10.3. The van der Waals surface area contributed by atoms with Crippen LogP contribution in [0.15, 0.2) is 24.3 Å². The number of amides is 1. The normalized spacial score (nSPS) is 11.9. The average Bonchev–Trinajstić information content (AvgIpc) is 2.35. The molecular weight excluding hydrogens is 218 g/mol. The molecule has 0 aliphatic heterocycles. The van der Waals surface area contributed by atoms with E-state index >= 15 is 0 Å². The zero-order valence-electron chi connectivity index (χ0n) is 10.3. The predicted octanol–water partition coefficient (Wildman–Crippen LogP) is 1.26. The van der Waals surface area contributed by atoms with E-state index in [4.69, 9.17) is 9.84 Å². The number of para-hydroxylation sites is 1. The van der Waals surface area contributed by atoms with Gasteiger partial charge in [-0.3, -0.25) is 4.79 Å². The molecule has 17 heavy (non-hydrogen) atoms. The number of aryl methyl sites for hydroxylation is 1. The third-order valence-corrected chi connectivity index (χ3v) is 2.44. The third kappa shape index (κ3) is 4.07. The second-order valence-electron chi connectivity index (χ2n) is 3.79. The Balaban J connectivity index is 2.63. The summed E-state index contributed by atoms with van der Waals surface area (Å²) in [6.45, 7) is 4.02. The first-order valence-electron chi connectivity index (χ1n) is 5.80. The fraction of sp³-hybridized carbons (Fsp3) is 0.462. The van der Waals surface area contributed by atoms with Gasteiger partial charge in [-0.15, -0.1) is 0 Å². The Kier molecular flexibility index (Phi) is 5.49. The van der Waals surface area contributed by atoms with Crippen molar-refractivity contribution >= 4 is 5.91 Å². The molecule has 1 amide bonds. The van der Waals surface area contributed by atoms with Gasteiger partial charge in [-0.05, 0) is 25.0 Å². The van der Waals surface area contributed by atoms with E-state index in [0.29, 0.717) is 6.42 Å². The first-order valence-corrected chi connectivity index (χ1v) is 5.80. The summed E-state index contributed by atoms with van der Waals surface area (Å²) in [7, 11) is 0. The van der Waals surface area contributed by atoms with Gasteiger partial charge in [0.05, 0.1) is 6.61 Å². The third-order valence-electron chi connectivity index (χ3n) is 2.44. The van der Waals surface area contributed by atoms with Crippen LogP contribution in [-0.4, -0.2) is 30.3 Å². The van der Waals surface area contributed by atoms with E-state index in [0.717, 1.165) is 11.3 Å². The quantitative estimate of drug-likeness (QED) is 0.783. The van der Waals surface area contributed by atoms with Gasteiger partial charge < -0.3 is 15.2 Å². The van der Waals surface area contributed by atoms with Crippen molar-refractivity contribution < 1.29 is 14.6 Å². The SMILES string of the molecule is CCC(Oc1ccccc1C)C(=O)NCCO. The van der Waals surface area contributed by atoms with Crippen molar-refractivity contribution in [3.8, 4) is 5.75 Å². The van der Waals surface area contributed by atoms with Crippen molar-refractivity contribution in [2.75, 3.05) is 13.2 Å². The number of nitrogens with one attached hydrogen (secondary N) is 1. The number of hydrogen-bond donors (Lipinski definition) is 2. The highest BCUT2D eigenvalue weighted by atomic mass is 16.5. The number of aliphatic hydroxyl groups excluding tert-OH is 1. The van der Waals surface area contributed by atoms with Gasteiger partial charge in [0.25, 0.3) is 5.91 Å². The van der Waals surface area contributed by atoms with Crippen LogP contribution >= 0.6 is 0 Å². The van der Waals surface area contributed by atoms with Crippen LogP contribution in [0.3, 0.4) is 0 Å². The van der Waals surface area contributed by atoms with Crippen LogP contribution in [0.5, 0.6) is 5.75 Å². The van der Waals surface area contributed by atoms with Crippen LogP contribution in [0, 0.1) is 6.92 Å². The molecule has 1 atom stereocenters. The molecule has 1 rings (SSSR count). The van der Waals surface area contributed by atoms with Gasteiger partial charge in [0.1, 0.15) is 5.75 Å². The van der Waals surface area contributed by atoms with E-state index in [1.54, 1.807) is 0 Å². The Bertz CT molecular complexity index is 365. The molecule has 0 heterocycles. The molecule has 94 valence electrons. The summed E-state index contributed by atoms with van der Waals surface area (Å²) in [5.74, 6) is 0.531. The van der Waals surface area contributed by atoms with E-state index in [-0.39, 0.29) is 19.1 Å². The highest BCUT2D eigenvalue weighted by Crippen LogP contribution is 2.18. The van der Waals surface area contributed by atoms with Crippen LogP contribution in [0.4, 0.5) is 0 Å². The molecule has 0 radical (unpaired) electrons. The molecule has 0 aliphatic rings. The lowest BCUT2D eigenvalue weighted by Crippen LogP contribution is -2.39. The van der Waals surface area contributed by atoms with Crippen molar-refractivity contribution in [3.63, 3.8) is 0 Å². The minimum Gasteiger partial charge on any atom is -0.480 e. The molecule has 4 heteroatoms. The predicted molar refractivity (Wildman–Crippen MR) is 66.0 cm³/mol. The highest BCUT2D eigenvalue weighted by molar-refractivity contribution is 5.81. The van der Waals surface area contributed by atoms with Gasteiger partial charge in [0, 0.05) is 6.54 Å². The number of aliphatic hydroxyl groups is 1. The standard InChI is InChI=1S/C13H19NO3/c1-3-11(13(16)14-8-9-15)17-12-7-5-4-6-10(12)2/h4-7,11,15H,3,8-9H2,1-2H3,(H,14,16). The second kappa shape index (κ2) is 6.91.